The molecule has 0 spiro atoms. The van der Waals surface area contributed by atoms with Crippen molar-refractivity contribution in [2.75, 3.05) is 26.2 Å². The number of H-pyrrole nitrogens is 1. The number of nitrogens with one attached hydrogen (secondary N) is 2. The molecule has 1 aliphatic heterocycles. The first-order chi connectivity index (χ1) is 12.9. The van der Waals surface area contributed by atoms with Crippen molar-refractivity contribution in [3.05, 3.63) is 47.3 Å². The van der Waals surface area contributed by atoms with E-state index in [1.807, 2.05) is 30.3 Å². The Morgan fingerprint density at radius 1 is 1.15 bits per heavy atom. The van der Waals surface area contributed by atoms with E-state index in [-0.39, 0.29) is 17.5 Å². The lowest BCUT2D eigenvalue weighted by Crippen LogP contribution is -2.42. The predicted octanol–water partition coefficient (Wildman–Crippen LogP) is 1.63. The zero-order valence-electron chi connectivity index (χ0n) is 15.6. The van der Waals surface area contributed by atoms with Gasteiger partial charge in [-0.3, -0.25) is 5.10 Å². The Morgan fingerprint density at radius 3 is 2.56 bits per heavy atom. The number of carbonyl (C=O) groups excluding carboxylic acids is 1. The molecule has 0 saturated carbocycles. The second-order valence-corrected chi connectivity index (χ2v) is 8.53. The zero-order valence-corrected chi connectivity index (χ0v) is 16.4. The molecule has 146 valence electrons. The summed E-state index contributed by atoms with van der Waals surface area (Å²) in [5, 5.41) is 9.62. The van der Waals surface area contributed by atoms with E-state index >= 15 is 0 Å². The standard InChI is InChI=1S/C18H25N5O3S/c1-14-17(15(2)21-20-14)27(25,26)23-10-6-9-22(11-12-23)18(24)19-13-16-7-4-3-5-8-16/h3-5,7-8H,6,9-13H2,1-2H3,(H,19,24)(H,20,21). The van der Waals surface area contributed by atoms with Crippen molar-refractivity contribution in [3.63, 3.8) is 0 Å². The van der Waals surface area contributed by atoms with Gasteiger partial charge >= 0.3 is 6.03 Å². The first-order valence-corrected chi connectivity index (χ1v) is 10.4. The van der Waals surface area contributed by atoms with Crippen LogP contribution in [0.2, 0.25) is 0 Å². The van der Waals surface area contributed by atoms with Gasteiger partial charge in [-0.1, -0.05) is 30.3 Å². The maximum Gasteiger partial charge on any atom is 0.317 e. The van der Waals surface area contributed by atoms with E-state index in [9.17, 15) is 13.2 Å². The average Bonchev–Trinajstić information content (AvgIpc) is 2.86. The summed E-state index contributed by atoms with van der Waals surface area (Å²) in [5.41, 5.74) is 2.03. The molecule has 3 rings (SSSR count). The molecule has 2 heterocycles. The fourth-order valence-electron chi connectivity index (χ4n) is 3.27. The van der Waals surface area contributed by atoms with Crippen molar-refractivity contribution in [3.8, 4) is 0 Å². The number of amides is 2. The molecule has 27 heavy (non-hydrogen) atoms. The zero-order chi connectivity index (χ0) is 19.4. The molecule has 0 bridgehead atoms. The fraction of sp³-hybridized carbons (Fsp3) is 0.444. The lowest BCUT2D eigenvalue weighted by molar-refractivity contribution is 0.200. The van der Waals surface area contributed by atoms with E-state index in [0.717, 1.165) is 5.56 Å². The van der Waals surface area contributed by atoms with Crippen molar-refractivity contribution < 1.29 is 13.2 Å². The molecule has 1 fully saturated rings. The average molecular weight is 391 g/mol. The number of carbonyl (C=O) groups is 1. The number of rotatable bonds is 4. The van der Waals surface area contributed by atoms with Crippen LogP contribution in [0.1, 0.15) is 23.4 Å². The number of sulfonamides is 1. The van der Waals surface area contributed by atoms with Gasteiger partial charge in [0.25, 0.3) is 0 Å². The van der Waals surface area contributed by atoms with Crippen LogP contribution in [0.3, 0.4) is 0 Å². The molecule has 1 saturated heterocycles. The monoisotopic (exact) mass is 391 g/mol. The molecule has 8 nitrogen and oxygen atoms in total. The van der Waals surface area contributed by atoms with Gasteiger partial charge in [0, 0.05) is 32.7 Å². The molecule has 2 amide bonds. The van der Waals surface area contributed by atoms with Crippen LogP contribution < -0.4 is 5.32 Å². The van der Waals surface area contributed by atoms with E-state index in [4.69, 9.17) is 0 Å². The van der Waals surface area contributed by atoms with E-state index in [2.05, 4.69) is 15.5 Å². The van der Waals surface area contributed by atoms with Crippen molar-refractivity contribution in [1.82, 2.24) is 24.7 Å². The Labute approximate surface area is 159 Å². The summed E-state index contributed by atoms with van der Waals surface area (Å²) in [6.07, 6.45) is 0.591. The Balaban J connectivity index is 1.62. The molecule has 0 radical (unpaired) electrons. The number of hydrogen-bond acceptors (Lipinski definition) is 4. The smallest absolute Gasteiger partial charge is 0.317 e. The number of urea groups is 1. The molecule has 0 unspecified atom stereocenters. The first-order valence-electron chi connectivity index (χ1n) is 8.98. The third kappa shape index (κ3) is 4.30. The van der Waals surface area contributed by atoms with E-state index < -0.39 is 10.0 Å². The highest BCUT2D eigenvalue weighted by atomic mass is 32.2. The number of nitrogens with zero attached hydrogens (tertiary/aromatic N) is 3. The third-order valence-electron chi connectivity index (χ3n) is 4.69. The number of aryl methyl sites for hydroxylation is 2. The SMILES string of the molecule is Cc1n[nH]c(C)c1S(=O)(=O)N1CCCN(C(=O)NCc2ccccc2)CC1. The summed E-state index contributed by atoms with van der Waals surface area (Å²) >= 11 is 0. The van der Waals surface area contributed by atoms with Crippen molar-refractivity contribution in [2.24, 2.45) is 0 Å². The normalized spacial score (nSPS) is 16.1. The van der Waals surface area contributed by atoms with E-state index in [1.165, 1.54) is 4.31 Å². The van der Waals surface area contributed by atoms with Gasteiger partial charge in [0.1, 0.15) is 4.90 Å². The minimum atomic E-state index is -3.63. The lowest BCUT2D eigenvalue weighted by atomic mass is 10.2. The van der Waals surface area contributed by atoms with Crippen LogP contribution in [0.4, 0.5) is 4.79 Å². The van der Waals surface area contributed by atoms with Gasteiger partial charge in [0.15, 0.2) is 0 Å². The molecule has 1 aromatic heterocycles. The van der Waals surface area contributed by atoms with Crippen LogP contribution >= 0.6 is 0 Å². The quantitative estimate of drug-likeness (QED) is 0.828. The Kier molecular flexibility index (Phi) is 5.81. The van der Waals surface area contributed by atoms with Gasteiger partial charge in [-0.15, -0.1) is 0 Å². The molecular formula is C18H25N5O3S. The van der Waals surface area contributed by atoms with Crippen molar-refractivity contribution >= 4 is 16.1 Å². The van der Waals surface area contributed by atoms with E-state index in [1.54, 1.807) is 18.7 Å². The van der Waals surface area contributed by atoms with Gasteiger partial charge in [-0.05, 0) is 25.8 Å². The summed E-state index contributed by atoms with van der Waals surface area (Å²) < 4.78 is 27.4. The highest BCUT2D eigenvalue weighted by Gasteiger charge is 2.31. The number of aromatic nitrogens is 2. The van der Waals surface area contributed by atoms with Crippen LogP contribution in [-0.4, -0.2) is 60.0 Å². The maximum atomic E-state index is 13.0. The van der Waals surface area contributed by atoms with Gasteiger partial charge in [0.2, 0.25) is 10.0 Å². The van der Waals surface area contributed by atoms with Crippen LogP contribution in [0.5, 0.6) is 0 Å². The number of aromatic amines is 1. The fourth-order valence-corrected chi connectivity index (χ4v) is 5.07. The van der Waals surface area contributed by atoms with Gasteiger partial charge < -0.3 is 10.2 Å². The second kappa shape index (κ2) is 8.10. The molecule has 0 aliphatic carbocycles. The molecule has 0 atom stereocenters. The summed E-state index contributed by atoms with van der Waals surface area (Å²) in [5.74, 6) is 0. The summed E-state index contributed by atoms with van der Waals surface area (Å²) in [6.45, 7) is 5.36. The summed E-state index contributed by atoms with van der Waals surface area (Å²) in [6, 6.07) is 9.51. The minimum Gasteiger partial charge on any atom is -0.334 e. The van der Waals surface area contributed by atoms with Crippen LogP contribution in [0.15, 0.2) is 35.2 Å². The molecule has 2 aromatic rings. The predicted molar refractivity (Wildman–Crippen MR) is 102 cm³/mol. The summed E-state index contributed by atoms with van der Waals surface area (Å²) in [7, 11) is -3.63. The molecule has 1 aliphatic rings. The highest BCUT2D eigenvalue weighted by Crippen LogP contribution is 2.22. The third-order valence-corrected chi connectivity index (χ3v) is 6.85. The maximum absolute atomic E-state index is 13.0. The lowest BCUT2D eigenvalue weighted by Gasteiger charge is -2.22. The second-order valence-electron chi connectivity index (χ2n) is 6.65. The Morgan fingerprint density at radius 2 is 1.89 bits per heavy atom. The van der Waals surface area contributed by atoms with Gasteiger partial charge in [-0.2, -0.15) is 9.40 Å². The van der Waals surface area contributed by atoms with Gasteiger partial charge in [-0.25, -0.2) is 13.2 Å². The van der Waals surface area contributed by atoms with Crippen LogP contribution in [0.25, 0.3) is 0 Å². The molecule has 9 heteroatoms. The highest BCUT2D eigenvalue weighted by molar-refractivity contribution is 7.89. The van der Waals surface area contributed by atoms with Gasteiger partial charge in [0.05, 0.1) is 11.4 Å². The minimum absolute atomic E-state index is 0.172. The van der Waals surface area contributed by atoms with Crippen molar-refractivity contribution in [2.45, 2.75) is 31.7 Å². The largest absolute Gasteiger partial charge is 0.334 e. The number of hydrogen-bond donors (Lipinski definition) is 2. The van der Waals surface area contributed by atoms with Crippen LogP contribution in [-0.2, 0) is 16.6 Å². The first kappa shape index (κ1) is 19.4. The molecular weight excluding hydrogens is 366 g/mol. The Hall–Kier alpha value is -2.39. The molecule has 2 N–H and O–H groups in total. The molecule has 1 aromatic carbocycles. The number of benzene rings is 1. The Bertz CT molecular complexity index is 875. The van der Waals surface area contributed by atoms with Crippen molar-refractivity contribution in [1.29, 1.82) is 0 Å². The van der Waals surface area contributed by atoms with Crippen LogP contribution in [0, 0.1) is 13.8 Å². The topological polar surface area (TPSA) is 98.4 Å². The van der Waals surface area contributed by atoms with E-state index in [0.29, 0.717) is 44.0 Å². The summed E-state index contributed by atoms with van der Waals surface area (Å²) in [4.78, 5) is 14.4.